The quantitative estimate of drug-likeness (QED) is 0.745. The molecule has 2 aromatic carbocycles. The summed E-state index contributed by atoms with van der Waals surface area (Å²) in [5, 5.41) is 8.78. The smallest absolute Gasteiger partial charge is 0.161 e. The molecule has 0 spiro atoms. The zero-order valence-corrected chi connectivity index (χ0v) is 13.6. The van der Waals surface area contributed by atoms with Gasteiger partial charge >= 0.3 is 0 Å². The van der Waals surface area contributed by atoms with Gasteiger partial charge in [-0.25, -0.2) is 0 Å². The molecule has 0 aliphatic carbocycles. The molecule has 0 radical (unpaired) electrons. The minimum absolute atomic E-state index is 0.456. The SMILES string of the molecule is COc1cc(C=Nc2ccc(C#N)cc2)ccc1OCC(C)C. The molecule has 0 aromatic heterocycles. The van der Waals surface area contributed by atoms with Crippen molar-refractivity contribution in [3.05, 3.63) is 53.6 Å². The van der Waals surface area contributed by atoms with Crippen LogP contribution in [0.2, 0.25) is 0 Å². The van der Waals surface area contributed by atoms with E-state index in [1.807, 2.05) is 30.3 Å². The highest BCUT2D eigenvalue weighted by molar-refractivity contribution is 5.83. The van der Waals surface area contributed by atoms with E-state index < -0.39 is 0 Å². The molecule has 0 atom stereocenters. The molecule has 0 unspecified atom stereocenters. The molecular formula is C19H20N2O2. The van der Waals surface area contributed by atoms with Gasteiger partial charge in [0.25, 0.3) is 0 Å². The fourth-order valence-electron chi connectivity index (χ4n) is 1.91. The Hall–Kier alpha value is -2.80. The maximum absolute atomic E-state index is 8.78. The number of hydrogen-bond donors (Lipinski definition) is 0. The van der Waals surface area contributed by atoms with Gasteiger partial charge < -0.3 is 9.47 Å². The summed E-state index contributed by atoms with van der Waals surface area (Å²) in [6.45, 7) is 4.85. The van der Waals surface area contributed by atoms with Crippen LogP contribution in [0.4, 0.5) is 5.69 Å². The Kier molecular flexibility index (Phi) is 5.76. The van der Waals surface area contributed by atoms with Crippen LogP contribution in [0.1, 0.15) is 25.0 Å². The van der Waals surface area contributed by atoms with Crippen molar-refractivity contribution < 1.29 is 9.47 Å². The highest BCUT2D eigenvalue weighted by atomic mass is 16.5. The van der Waals surface area contributed by atoms with E-state index in [0.717, 1.165) is 17.0 Å². The number of hydrogen-bond acceptors (Lipinski definition) is 4. The van der Waals surface area contributed by atoms with Crippen LogP contribution < -0.4 is 9.47 Å². The maximum Gasteiger partial charge on any atom is 0.161 e. The van der Waals surface area contributed by atoms with Crippen LogP contribution in [0.25, 0.3) is 0 Å². The molecule has 4 nitrogen and oxygen atoms in total. The van der Waals surface area contributed by atoms with Gasteiger partial charge in [-0.2, -0.15) is 5.26 Å². The van der Waals surface area contributed by atoms with E-state index in [4.69, 9.17) is 14.7 Å². The highest BCUT2D eigenvalue weighted by Crippen LogP contribution is 2.28. The Morgan fingerprint density at radius 1 is 1.13 bits per heavy atom. The lowest BCUT2D eigenvalue weighted by Gasteiger charge is -2.12. The molecule has 0 N–H and O–H groups in total. The van der Waals surface area contributed by atoms with Gasteiger partial charge in [0.05, 0.1) is 31.0 Å². The number of benzene rings is 2. The van der Waals surface area contributed by atoms with Crippen LogP contribution in [0.3, 0.4) is 0 Å². The van der Waals surface area contributed by atoms with Crippen molar-refractivity contribution >= 4 is 11.9 Å². The first kappa shape index (κ1) is 16.6. The number of nitriles is 1. The third-order valence-corrected chi connectivity index (χ3v) is 3.12. The standard InChI is InChI=1S/C19H20N2O2/c1-14(2)13-23-18-9-6-16(10-19(18)22-3)12-21-17-7-4-15(11-20)5-8-17/h4-10,12,14H,13H2,1-3H3. The first-order chi connectivity index (χ1) is 11.1. The third kappa shape index (κ3) is 4.86. The molecule has 0 saturated carbocycles. The second-order valence-electron chi connectivity index (χ2n) is 5.53. The number of rotatable bonds is 6. The van der Waals surface area contributed by atoms with Gasteiger partial charge in [-0.3, -0.25) is 4.99 Å². The van der Waals surface area contributed by atoms with Gasteiger partial charge in [-0.15, -0.1) is 0 Å². The van der Waals surface area contributed by atoms with Crippen molar-refractivity contribution in [1.82, 2.24) is 0 Å². The van der Waals surface area contributed by atoms with E-state index in [9.17, 15) is 0 Å². The minimum Gasteiger partial charge on any atom is -0.493 e. The van der Waals surface area contributed by atoms with Crippen LogP contribution >= 0.6 is 0 Å². The van der Waals surface area contributed by atoms with Crippen LogP contribution in [0.5, 0.6) is 11.5 Å². The number of ether oxygens (including phenoxy) is 2. The summed E-state index contributed by atoms with van der Waals surface area (Å²) >= 11 is 0. The Bertz CT molecular complexity index is 713. The molecule has 0 amide bonds. The zero-order chi connectivity index (χ0) is 16.7. The minimum atomic E-state index is 0.456. The van der Waals surface area contributed by atoms with Crippen molar-refractivity contribution in [2.75, 3.05) is 13.7 Å². The second-order valence-corrected chi connectivity index (χ2v) is 5.53. The summed E-state index contributed by atoms with van der Waals surface area (Å²) in [7, 11) is 1.62. The third-order valence-electron chi connectivity index (χ3n) is 3.12. The molecule has 0 aliphatic rings. The molecule has 4 heteroatoms. The predicted molar refractivity (Wildman–Crippen MR) is 91.7 cm³/mol. The molecule has 0 aliphatic heterocycles. The fraction of sp³-hybridized carbons (Fsp3) is 0.263. The largest absolute Gasteiger partial charge is 0.493 e. The zero-order valence-electron chi connectivity index (χ0n) is 13.6. The molecule has 2 aromatic rings. The van der Waals surface area contributed by atoms with Crippen molar-refractivity contribution in [3.63, 3.8) is 0 Å². The van der Waals surface area contributed by atoms with E-state index in [0.29, 0.717) is 23.8 Å². The maximum atomic E-state index is 8.78. The average Bonchev–Trinajstić information content (AvgIpc) is 2.58. The first-order valence-electron chi connectivity index (χ1n) is 7.47. The van der Waals surface area contributed by atoms with E-state index in [1.54, 1.807) is 25.5 Å². The topological polar surface area (TPSA) is 54.6 Å². The van der Waals surface area contributed by atoms with Crippen LogP contribution in [0.15, 0.2) is 47.5 Å². The van der Waals surface area contributed by atoms with E-state index in [1.165, 1.54) is 0 Å². The molecule has 0 fully saturated rings. The van der Waals surface area contributed by atoms with Crippen LogP contribution in [0, 0.1) is 17.2 Å². The molecule has 118 valence electrons. The normalized spacial score (nSPS) is 10.7. The monoisotopic (exact) mass is 308 g/mol. The first-order valence-corrected chi connectivity index (χ1v) is 7.47. The number of methoxy groups -OCH3 is 1. The summed E-state index contributed by atoms with van der Waals surface area (Å²) in [5.74, 6) is 1.88. The lowest BCUT2D eigenvalue weighted by molar-refractivity contribution is 0.257. The van der Waals surface area contributed by atoms with Gasteiger partial charge in [-0.05, 0) is 53.9 Å². The summed E-state index contributed by atoms with van der Waals surface area (Å²) < 4.78 is 11.1. The average molecular weight is 308 g/mol. The highest BCUT2D eigenvalue weighted by Gasteiger charge is 2.06. The lowest BCUT2D eigenvalue weighted by Crippen LogP contribution is -2.05. The Morgan fingerprint density at radius 2 is 1.87 bits per heavy atom. The van der Waals surface area contributed by atoms with Gasteiger partial charge in [0, 0.05) is 6.21 Å². The lowest BCUT2D eigenvalue weighted by atomic mass is 10.2. The molecule has 0 bridgehead atoms. The van der Waals surface area contributed by atoms with Crippen molar-refractivity contribution in [2.45, 2.75) is 13.8 Å². The van der Waals surface area contributed by atoms with Gasteiger partial charge in [0.15, 0.2) is 11.5 Å². The van der Waals surface area contributed by atoms with Crippen molar-refractivity contribution in [3.8, 4) is 17.6 Å². The molecule has 23 heavy (non-hydrogen) atoms. The summed E-state index contributed by atoms with van der Waals surface area (Å²) in [6, 6.07) is 14.9. The number of nitrogens with zero attached hydrogens (tertiary/aromatic N) is 2. The predicted octanol–water partition coefficient (Wildman–Crippen LogP) is 4.35. The molecule has 2 rings (SSSR count). The molecule has 0 heterocycles. The second kappa shape index (κ2) is 8.00. The fourth-order valence-corrected chi connectivity index (χ4v) is 1.91. The van der Waals surface area contributed by atoms with E-state index in [2.05, 4.69) is 24.9 Å². The van der Waals surface area contributed by atoms with Crippen molar-refractivity contribution in [1.29, 1.82) is 5.26 Å². The van der Waals surface area contributed by atoms with E-state index >= 15 is 0 Å². The van der Waals surface area contributed by atoms with Crippen molar-refractivity contribution in [2.24, 2.45) is 10.9 Å². The summed E-state index contributed by atoms with van der Waals surface area (Å²) in [4.78, 5) is 4.40. The number of aliphatic imine (C=N–C) groups is 1. The Morgan fingerprint density at radius 3 is 2.48 bits per heavy atom. The van der Waals surface area contributed by atoms with Gasteiger partial charge in [0.2, 0.25) is 0 Å². The Balaban J connectivity index is 2.13. The van der Waals surface area contributed by atoms with Crippen LogP contribution in [-0.2, 0) is 0 Å². The molecular weight excluding hydrogens is 288 g/mol. The van der Waals surface area contributed by atoms with Gasteiger partial charge in [0.1, 0.15) is 0 Å². The Labute approximate surface area is 137 Å². The molecule has 0 saturated heterocycles. The summed E-state index contributed by atoms with van der Waals surface area (Å²) in [6.07, 6.45) is 1.76. The van der Waals surface area contributed by atoms with E-state index in [-0.39, 0.29) is 0 Å². The van der Waals surface area contributed by atoms with Crippen LogP contribution in [-0.4, -0.2) is 19.9 Å². The van der Waals surface area contributed by atoms with Gasteiger partial charge in [-0.1, -0.05) is 13.8 Å². The summed E-state index contributed by atoms with van der Waals surface area (Å²) in [5.41, 5.74) is 2.34.